The van der Waals surface area contributed by atoms with E-state index in [-0.39, 0.29) is 0 Å². The lowest BCUT2D eigenvalue weighted by Gasteiger charge is -2.50. The zero-order chi connectivity index (χ0) is 11.8. The summed E-state index contributed by atoms with van der Waals surface area (Å²) in [5.74, 6) is 0. The first-order chi connectivity index (χ1) is 7.50. The van der Waals surface area contributed by atoms with Crippen LogP contribution in [0.15, 0.2) is 0 Å². The van der Waals surface area contributed by atoms with Crippen LogP contribution in [0, 0.1) is 0 Å². The van der Waals surface area contributed by atoms with E-state index in [0.29, 0.717) is 12.1 Å². The third-order valence-corrected chi connectivity index (χ3v) is 4.03. The minimum Gasteiger partial charge on any atom is -0.390 e. The lowest BCUT2D eigenvalue weighted by atomic mass is 9.79. The first-order valence-electron chi connectivity index (χ1n) is 6.17. The molecule has 0 spiro atoms. The molecule has 2 rings (SSSR count). The quantitative estimate of drug-likeness (QED) is 0.746. The average molecular weight is 228 g/mol. The number of hydrogen-bond donors (Lipinski definition) is 1. The number of fused-ring (bicyclic) bond motifs is 2. The molecule has 2 bridgehead atoms. The molecule has 0 aromatic carbocycles. The van der Waals surface area contributed by atoms with Crippen molar-refractivity contribution in [2.75, 3.05) is 40.9 Å². The summed E-state index contributed by atoms with van der Waals surface area (Å²) in [5.41, 5.74) is -0.476. The van der Waals surface area contributed by atoms with Crippen molar-refractivity contribution >= 4 is 0 Å². The van der Waals surface area contributed by atoms with Gasteiger partial charge in [0.05, 0.1) is 18.8 Å². The standard InChI is InChI=1S/C12H24N2O2/c1-13(2)5-4-12(15)6-10-8-16-9-11(7-12)14(10)3/h10-11,15H,4-9H2,1-3H3. The summed E-state index contributed by atoms with van der Waals surface area (Å²) in [7, 11) is 6.27. The first kappa shape index (κ1) is 12.3. The van der Waals surface area contributed by atoms with Gasteiger partial charge in [-0.15, -0.1) is 0 Å². The topological polar surface area (TPSA) is 35.9 Å². The highest BCUT2D eigenvalue weighted by molar-refractivity contribution is 4.98. The first-order valence-corrected chi connectivity index (χ1v) is 6.17. The van der Waals surface area contributed by atoms with E-state index >= 15 is 0 Å². The number of rotatable bonds is 3. The summed E-state index contributed by atoms with van der Waals surface area (Å²) in [4.78, 5) is 4.52. The van der Waals surface area contributed by atoms with E-state index in [1.165, 1.54) is 0 Å². The van der Waals surface area contributed by atoms with E-state index in [2.05, 4.69) is 30.9 Å². The van der Waals surface area contributed by atoms with Crippen LogP contribution in [0.3, 0.4) is 0 Å². The molecule has 2 heterocycles. The maximum Gasteiger partial charge on any atom is 0.0691 e. The van der Waals surface area contributed by atoms with Crippen LogP contribution in [-0.4, -0.2) is 73.5 Å². The molecule has 94 valence electrons. The van der Waals surface area contributed by atoms with Gasteiger partial charge in [-0.05, 0) is 40.4 Å². The van der Waals surface area contributed by atoms with E-state index in [9.17, 15) is 5.11 Å². The predicted octanol–water partition coefficient (Wildman–Crippen LogP) is 0.162. The number of nitrogens with zero attached hydrogens (tertiary/aromatic N) is 2. The van der Waals surface area contributed by atoms with Gasteiger partial charge in [0.1, 0.15) is 0 Å². The van der Waals surface area contributed by atoms with Gasteiger partial charge in [0.2, 0.25) is 0 Å². The molecule has 0 radical (unpaired) electrons. The Kier molecular flexibility index (Phi) is 3.54. The molecule has 4 heteroatoms. The summed E-state index contributed by atoms with van der Waals surface area (Å²) in [5, 5.41) is 10.6. The number of ether oxygens (including phenoxy) is 1. The fraction of sp³-hybridized carbons (Fsp3) is 1.00. The van der Waals surface area contributed by atoms with Crippen molar-refractivity contribution in [3.63, 3.8) is 0 Å². The second-order valence-corrected chi connectivity index (χ2v) is 5.70. The Labute approximate surface area is 98.2 Å². The number of aliphatic hydroxyl groups is 1. The van der Waals surface area contributed by atoms with Crippen molar-refractivity contribution in [3.05, 3.63) is 0 Å². The molecule has 2 saturated heterocycles. The van der Waals surface area contributed by atoms with Gasteiger partial charge in [-0.2, -0.15) is 0 Å². The van der Waals surface area contributed by atoms with Crippen LogP contribution in [0.25, 0.3) is 0 Å². The number of hydrogen-bond acceptors (Lipinski definition) is 4. The van der Waals surface area contributed by atoms with Gasteiger partial charge in [-0.3, -0.25) is 4.90 Å². The SMILES string of the molecule is CN(C)CCC1(O)CC2COCC(C1)N2C. The zero-order valence-electron chi connectivity index (χ0n) is 10.6. The normalized spacial score (nSPS) is 40.3. The van der Waals surface area contributed by atoms with Gasteiger partial charge in [0, 0.05) is 18.6 Å². The maximum absolute atomic E-state index is 10.6. The number of piperidine rings is 1. The summed E-state index contributed by atoms with van der Waals surface area (Å²) in [6.07, 6.45) is 2.59. The highest BCUT2D eigenvalue weighted by atomic mass is 16.5. The third kappa shape index (κ3) is 2.56. The molecule has 4 nitrogen and oxygen atoms in total. The molecule has 2 aliphatic rings. The molecule has 0 aliphatic carbocycles. The lowest BCUT2D eigenvalue weighted by Crippen LogP contribution is -2.60. The van der Waals surface area contributed by atoms with Crippen LogP contribution >= 0.6 is 0 Å². The molecule has 2 fully saturated rings. The smallest absolute Gasteiger partial charge is 0.0691 e. The summed E-state index contributed by atoms with van der Waals surface area (Å²) >= 11 is 0. The van der Waals surface area contributed by atoms with Gasteiger partial charge in [0.15, 0.2) is 0 Å². The Morgan fingerprint density at radius 3 is 2.38 bits per heavy atom. The van der Waals surface area contributed by atoms with Crippen molar-refractivity contribution in [1.82, 2.24) is 9.80 Å². The van der Waals surface area contributed by atoms with Gasteiger partial charge >= 0.3 is 0 Å². The Hall–Kier alpha value is -0.160. The molecule has 2 atom stereocenters. The van der Waals surface area contributed by atoms with Gasteiger partial charge in [-0.25, -0.2) is 0 Å². The fourth-order valence-electron chi connectivity index (χ4n) is 2.88. The molecule has 16 heavy (non-hydrogen) atoms. The molecular formula is C12H24N2O2. The predicted molar refractivity (Wildman–Crippen MR) is 63.5 cm³/mol. The molecule has 0 saturated carbocycles. The van der Waals surface area contributed by atoms with Crippen LogP contribution in [0.5, 0.6) is 0 Å². The van der Waals surface area contributed by atoms with Crippen LogP contribution in [-0.2, 0) is 4.74 Å². The van der Waals surface area contributed by atoms with Gasteiger partial charge in [-0.1, -0.05) is 0 Å². The van der Waals surface area contributed by atoms with Crippen LogP contribution in [0.1, 0.15) is 19.3 Å². The van der Waals surface area contributed by atoms with E-state index in [1.807, 2.05) is 0 Å². The Morgan fingerprint density at radius 1 is 1.31 bits per heavy atom. The minimum atomic E-state index is -0.476. The van der Waals surface area contributed by atoms with Crippen LogP contribution in [0.2, 0.25) is 0 Å². The van der Waals surface area contributed by atoms with Crippen molar-refractivity contribution < 1.29 is 9.84 Å². The van der Waals surface area contributed by atoms with Crippen LogP contribution < -0.4 is 0 Å². The molecule has 0 amide bonds. The third-order valence-electron chi connectivity index (χ3n) is 4.03. The second-order valence-electron chi connectivity index (χ2n) is 5.70. The fourth-order valence-corrected chi connectivity index (χ4v) is 2.88. The molecule has 0 aromatic heterocycles. The molecule has 2 aliphatic heterocycles. The number of likely N-dealkylation sites (N-methyl/N-ethyl adjacent to an activating group) is 1. The van der Waals surface area contributed by atoms with Crippen molar-refractivity contribution in [2.45, 2.75) is 36.9 Å². The van der Waals surface area contributed by atoms with Crippen molar-refractivity contribution in [3.8, 4) is 0 Å². The molecule has 1 N–H and O–H groups in total. The van der Waals surface area contributed by atoms with Crippen molar-refractivity contribution in [1.29, 1.82) is 0 Å². The lowest BCUT2D eigenvalue weighted by molar-refractivity contribution is -0.137. The summed E-state index contributed by atoms with van der Waals surface area (Å²) in [6.45, 7) is 2.51. The Morgan fingerprint density at radius 2 is 1.88 bits per heavy atom. The van der Waals surface area contributed by atoms with E-state index < -0.39 is 5.60 Å². The highest BCUT2D eigenvalue weighted by Crippen LogP contribution is 2.35. The molecule has 2 unspecified atom stereocenters. The Bertz CT molecular complexity index is 231. The van der Waals surface area contributed by atoms with Gasteiger partial charge in [0.25, 0.3) is 0 Å². The monoisotopic (exact) mass is 228 g/mol. The number of morpholine rings is 1. The van der Waals surface area contributed by atoms with Crippen molar-refractivity contribution in [2.24, 2.45) is 0 Å². The summed E-state index contributed by atoms with van der Waals surface area (Å²) in [6, 6.07) is 0.805. The average Bonchev–Trinajstić information content (AvgIpc) is 2.18. The molecular weight excluding hydrogens is 204 g/mol. The van der Waals surface area contributed by atoms with Crippen LogP contribution in [0.4, 0.5) is 0 Å². The van der Waals surface area contributed by atoms with E-state index in [4.69, 9.17) is 4.74 Å². The summed E-state index contributed by atoms with van der Waals surface area (Å²) < 4.78 is 5.56. The second kappa shape index (κ2) is 4.61. The molecule has 0 aromatic rings. The largest absolute Gasteiger partial charge is 0.390 e. The minimum absolute atomic E-state index is 0.402. The Balaban J connectivity index is 1.97. The highest BCUT2D eigenvalue weighted by Gasteiger charge is 2.44. The maximum atomic E-state index is 10.6. The van der Waals surface area contributed by atoms with E-state index in [0.717, 1.165) is 39.0 Å². The van der Waals surface area contributed by atoms with Gasteiger partial charge < -0.3 is 14.7 Å². The van der Waals surface area contributed by atoms with E-state index in [1.54, 1.807) is 0 Å². The zero-order valence-corrected chi connectivity index (χ0v) is 10.6.